The first-order valence-electron chi connectivity index (χ1n) is 7.19. The minimum absolute atomic E-state index is 0.261. The number of hydrogen-bond donors (Lipinski definition) is 1. The van der Waals surface area contributed by atoms with Crippen molar-refractivity contribution in [2.45, 2.75) is 12.5 Å². The smallest absolute Gasteiger partial charge is 0.127 e. The third kappa shape index (κ3) is 2.06. The van der Waals surface area contributed by atoms with Crippen molar-refractivity contribution in [1.29, 1.82) is 0 Å². The number of rotatable bonds is 2. The van der Waals surface area contributed by atoms with E-state index < -0.39 is 0 Å². The quantitative estimate of drug-likeness (QED) is 0.781. The molecule has 1 atom stereocenters. The Balaban J connectivity index is 1.80. The summed E-state index contributed by atoms with van der Waals surface area (Å²) in [7, 11) is 0. The Morgan fingerprint density at radius 2 is 1.90 bits per heavy atom. The Bertz CT molecular complexity index is 813. The van der Waals surface area contributed by atoms with Crippen LogP contribution in [0.25, 0.3) is 10.9 Å². The van der Waals surface area contributed by atoms with Crippen molar-refractivity contribution in [2.75, 3.05) is 6.61 Å². The van der Waals surface area contributed by atoms with E-state index in [9.17, 15) is 0 Å². The van der Waals surface area contributed by atoms with Gasteiger partial charge in [-0.05, 0) is 17.7 Å². The van der Waals surface area contributed by atoms with Crippen molar-refractivity contribution in [3.05, 3.63) is 71.4 Å². The lowest BCUT2D eigenvalue weighted by atomic mass is 9.99. The molecule has 0 spiro atoms. The molecular weight excluding hydrogens is 260 g/mol. The number of nitrogens with two attached hydrogens (primary N) is 1. The number of fused-ring (bicyclic) bond motifs is 2. The van der Waals surface area contributed by atoms with E-state index in [1.807, 2.05) is 36.4 Å². The first-order chi connectivity index (χ1) is 10.3. The van der Waals surface area contributed by atoms with Gasteiger partial charge in [-0.15, -0.1) is 0 Å². The second-order valence-electron chi connectivity index (χ2n) is 5.34. The fourth-order valence-electron chi connectivity index (χ4n) is 2.90. The van der Waals surface area contributed by atoms with Gasteiger partial charge in [0, 0.05) is 17.4 Å². The summed E-state index contributed by atoms with van der Waals surface area (Å²) in [5.41, 5.74) is 10.5. The first-order valence-corrected chi connectivity index (χ1v) is 7.19. The highest BCUT2D eigenvalue weighted by atomic mass is 16.5. The molecule has 4 rings (SSSR count). The second-order valence-corrected chi connectivity index (χ2v) is 5.34. The molecule has 2 heterocycles. The van der Waals surface area contributed by atoms with Crippen LogP contribution >= 0.6 is 0 Å². The highest BCUT2D eigenvalue weighted by molar-refractivity contribution is 5.78. The van der Waals surface area contributed by atoms with Crippen molar-refractivity contribution in [2.24, 2.45) is 5.73 Å². The van der Waals surface area contributed by atoms with E-state index >= 15 is 0 Å². The molecule has 0 aliphatic carbocycles. The molecule has 0 radical (unpaired) electrons. The van der Waals surface area contributed by atoms with Gasteiger partial charge >= 0.3 is 0 Å². The lowest BCUT2D eigenvalue weighted by molar-refractivity contribution is 0.352. The van der Waals surface area contributed by atoms with Crippen LogP contribution in [-0.2, 0) is 6.42 Å². The highest BCUT2D eigenvalue weighted by Crippen LogP contribution is 2.34. The minimum Gasteiger partial charge on any atom is -0.493 e. The monoisotopic (exact) mass is 276 g/mol. The molecule has 3 aromatic rings. The van der Waals surface area contributed by atoms with Crippen molar-refractivity contribution in [1.82, 2.24) is 4.98 Å². The van der Waals surface area contributed by atoms with Crippen molar-refractivity contribution >= 4 is 10.9 Å². The number of para-hydroxylation sites is 2. The van der Waals surface area contributed by atoms with Gasteiger partial charge in [-0.3, -0.25) is 4.98 Å². The first kappa shape index (κ1) is 12.4. The molecule has 1 aromatic heterocycles. The summed E-state index contributed by atoms with van der Waals surface area (Å²) in [5, 5.41) is 1.13. The summed E-state index contributed by atoms with van der Waals surface area (Å²) in [6, 6.07) is 18.1. The zero-order valence-electron chi connectivity index (χ0n) is 11.6. The Morgan fingerprint density at radius 3 is 2.86 bits per heavy atom. The van der Waals surface area contributed by atoms with Gasteiger partial charge in [-0.25, -0.2) is 0 Å². The molecule has 3 heteroatoms. The van der Waals surface area contributed by atoms with Gasteiger partial charge in [-0.2, -0.15) is 0 Å². The summed E-state index contributed by atoms with van der Waals surface area (Å²) in [6.45, 7) is 0.740. The summed E-state index contributed by atoms with van der Waals surface area (Å²) >= 11 is 0. The average molecular weight is 276 g/mol. The van der Waals surface area contributed by atoms with Crippen molar-refractivity contribution < 1.29 is 4.74 Å². The standard InChI is InChI=1S/C18H16N2O/c19-17(14-6-3-5-13-10-11-21-18(13)14)16-9-8-12-4-1-2-7-15(12)20-16/h1-9,17H,10-11,19H2. The van der Waals surface area contributed by atoms with Crippen LogP contribution in [0.2, 0.25) is 0 Å². The average Bonchev–Trinajstić information content (AvgIpc) is 3.02. The number of ether oxygens (including phenoxy) is 1. The van der Waals surface area contributed by atoms with Crippen LogP contribution in [0.4, 0.5) is 0 Å². The van der Waals surface area contributed by atoms with Crippen LogP contribution in [0, 0.1) is 0 Å². The van der Waals surface area contributed by atoms with Crippen LogP contribution in [0.3, 0.4) is 0 Å². The molecule has 0 bridgehead atoms. The maximum Gasteiger partial charge on any atom is 0.127 e. The molecule has 1 unspecified atom stereocenters. The molecular formula is C18H16N2O. The van der Waals surface area contributed by atoms with Crippen LogP contribution < -0.4 is 10.5 Å². The van der Waals surface area contributed by atoms with E-state index in [2.05, 4.69) is 18.2 Å². The molecule has 2 N–H and O–H groups in total. The summed E-state index contributed by atoms with van der Waals surface area (Å²) in [6.07, 6.45) is 0.959. The van der Waals surface area contributed by atoms with Crippen molar-refractivity contribution in [3.8, 4) is 5.75 Å². The number of benzene rings is 2. The maximum absolute atomic E-state index is 6.44. The predicted octanol–water partition coefficient (Wildman–Crippen LogP) is 3.22. The van der Waals surface area contributed by atoms with E-state index in [1.54, 1.807) is 0 Å². The molecule has 2 aromatic carbocycles. The van der Waals surface area contributed by atoms with Crippen LogP contribution in [0.5, 0.6) is 5.75 Å². The fraction of sp³-hybridized carbons (Fsp3) is 0.167. The van der Waals surface area contributed by atoms with Crippen LogP contribution in [0.1, 0.15) is 22.9 Å². The number of hydrogen-bond acceptors (Lipinski definition) is 3. The summed E-state index contributed by atoms with van der Waals surface area (Å²) in [4.78, 5) is 4.70. The zero-order chi connectivity index (χ0) is 14.2. The van der Waals surface area contributed by atoms with E-state index in [1.165, 1.54) is 5.56 Å². The SMILES string of the molecule is NC(c1ccc2ccccc2n1)c1cccc2c1OCC2. The van der Waals surface area contributed by atoms with E-state index in [-0.39, 0.29) is 6.04 Å². The number of nitrogens with zero attached hydrogens (tertiary/aromatic N) is 1. The molecule has 21 heavy (non-hydrogen) atoms. The van der Waals surface area contributed by atoms with Gasteiger partial charge < -0.3 is 10.5 Å². The Hall–Kier alpha value is -2.39. The van der Waals surface area contributed by atoms with Crippen LogP contribution in [-0.4, -0.2) is 11.6 Å². The largest absolute Gasteiger partial charge is 0.493 e. The predicted molar refractivity (Wildman–Crippen MR) is 83.4 cm³/mol. The Morgan fingerprint density at radius 1 is 1.00 bits per heavy atom. The lowest BCUT2D eigenvalue weighted by Gasteiger charge is -2.15. The molecule has 1 aliphatic heterocycles. The van der Waals surface area contributed by atoms with Gasteiger partial charge in [0.1, 0.15) is 5.75 Å². The van der Waals surface area contributed by atoms with E-state index in [4.69, 9.17) is 15.5 Å². The molecule has 3 nitrogen and oxygen atoms in total. The number of aromatic nitrogens is 1. The number of pyridine rings is 1. The normalized spacial score (nSPS) is 14.7. The van der Waals surface area contributed by atoms with Gasteiger partial charge in [0.25, 0.3) is 0 Å². The van der Waals surface area contributed by atoms with Crippen LogP contribution in [0.15, 0.2) is 54.6 Å². The second kappa shape index (κ2) is 4.86. The summed E-state index contributed by atoms with van der Waals surface area (Å²) in [5.74, 6) is 0.944. The van der Waals surface area contributed by atoms with Gasteiger partial charge in [0.15, 0.2) is 0 Å². The molecule has 0 amide bonds. The molecule has 104 valence electrons. The third-order valence-corrected chi connectivity index (χ3v) is 4.02. The molecule has 0 saturated carbocycles. The van der Waals surface area contributed by atoms with Crippen molar-refractivity contribution in [3.63, 3.8) is 0 Å². The Kier molecular flexibility index (Phi) is 2.86. The topological polar surface area (TPSA) is 48.1 Å². The van der Waals surface area contributed by atoms with Gasteiger partial charge in [0.05, 0.1) is 23.9 Å². The van der Waals surface area contributed by atoms with E-state index in [0.717, 1.165) is 40.9 Å². The highest BCUT2D eigenvalue weighted by Gasteiger charge is 2.21. The third-order valence-electron chi connectivity index (χ3n) is 4.02. The molecule has 1 aliphatic rings. The van der Waals surface area contributed by atoms with Gasteiger partial charge in [0.2, 0.25) is 0 Å². The van der Waals surface area contributed by atoms with Gasteiger partial charge in [-0.1, -0.05) is 42.5 Å². The Labute approximate surface area is 123 Å². The zero-order valence-corrected chi connectivity index (χ0v) is 11.6. The maximum atomic E-state index is 6.44. The fourth-order valence-corrected chi connectivity index (χ4v) is 2.90. The van der Waals surface area contributed by atoms with E-state index in [0.29, 0.717) is 0 Å². The summed E-state index contributed by atoms with van der Waals surface area (Å²) < 4.78 is 5.75. The molecule has 0 saturated heterocycles. The molecule has 0 fully saturated rings. The minimum atomic E-state index is -0.261. The lowest BCUT2D eigenvalue weighted by Crippen LogP contribution is -2.14.